The standard InChI is InChI=1S/C30H39NO6/c1-17-10-11-22-27(36-20(4)33)26-18(2)23(37-28(34)21-9-8-14-31-16-21)12-13-30(26,7)15-24(35-19(3)32)25(17)29(22,5)6/h8-9,14,16,22-24,26-27H,2,10-13,15H2,1,3-7H3/t22-,23-,24-,26-,27+,30-/m0/s1. The predicted molar refractivity (Wildman–Crippen MR) is 138 cm³/mol. The quantitative estimate of drug-likeness (QED) is 0.296. The molecule has 0 saturated heterocycles. The molecule has 1 aromatic heterocycles. The minimum absolute atomic E-state index is 0.0118. The van der Waals surface area contributed by atoms with Crippen LogP contribution in [0.4, 0.5) is 0 Å². The van der Waals surface area contributed by atoms with Crippen molar-refractivity contribution in [2.45, 2.75) is 92.0 Å². The molecule has 0 N–H and O–H groups in total. The van der Waals surface area contributed by atoms with Crippen molar-refractivity contribution < 1.29 is 28.6 Å². The number of rotatable bonds is 4. The summed E-state index contributed by atoms with van der Waals surface area (Å²) in [5.41, 5.74) is 2.77. The molecular weight excluding hydrogens is 470 g/mol. The second kappa shape index (κ2) is 10.1. The monoisotopic (exact) mass is 509 g/mol. The van der Waals surface area contributed by atoms with Gasteiger partial charge in [0.15, 0.2) is 0 Å². The summed E-state index contributed by atoms with van der Waals surface area (Å²) in [4.78, 5) is 41.6. The van der Waals surface area contributed by atoms with E-state index in [1.807, 2.05) is 0 Å². The molecule has 200 valence electrons. The highest BCUT2D eigenvalue weighted by atomic mass is 16.6. The highest BCUT2D eigenvalue weighted by molar-refractivity contribution is 5.89. The molecule has 0 radical (unpaired) electrons. The fraction of sp³-hybridized carbons (Fsp3) is 0.600. The Labute approximate surface area is 219 Å². The molecule has 7 heteroatoms. The SMILES string of the molecule is C=C1[C@@H](OC(=O)c2cccnc2)CC[C@@]2(C)C[C@H](OC(C)=O)C3=C(C)CC[C@@H]([C@@H](OC(C)=O)[C@H]12)C3(C)C. The van der Waals surface area contributed by atoms with Gasteiger partial charge in [0.05, 0.1) is 5.56 Å². The van der Waals surface area contributed by atoms with Gasteiger partial charge in [-0.3, -0.25) is 14.6 Å². The van der Waals surface area contributed by atoms with E-state index < -0.39 is 18.2 Å². The van der Waals surface area contributed by atoms with Crippen LogP contribution in [0.1, 0.15) is 84.0 Å². The van der Waals surface area contributed by atoms with Gasteiger partial charge in [-0.15, -0.1) is 0 Å². The van der Waals surface area contributed by atoms with Crippen LogP contribution in [0.15, 0.2) is 47.8 Å². The Morgan fingerprint density at radius 1 is 1.03 bits per heavy atom. The number of carbonyl (C=O) groups excluding carboxylic acids is 3. The van der Waals surface area contributed by atoms with Crippen molar-refractivity contribution in [3.63, 3.8) is 0 Å². The Bertz CT molecular complexity index is 1120. The van der Waals surface area contributed by atoms with Crippen LogP contribution in [-0.4, -0.2) is 41.2 Å². The molecule has 2 bridgehead atoms. The minimum atomic E-state index is -0.515. The fourth-order valence-corrected chi connectivity index (χ4v) is 7.38. The smallest absolute Gasteiger partial charge is 0.340 e. The van der Waals surface area contributed by atoms with Gasteiger partial charge in [0, 0.05) is 38.1 Å². The summed E-state index contributed by atoms with van der Waals surface area (Å²) in [6.07, 6.45) is 5.32. The first-order valence-corrected chi connectivity index (χ1v) is 13.2. The van der Waals surface area contributed by atoms with Gasteiger partial charge in [0.1, 0.15) is 18.3 Å². The second-order valence-electron chi connectivity index (χ2n) is 11.8. The molecule has 0 amide bonds. The van der Waals surface area contributed by atoms with Gasteiger partial charge in [-0.25, -0.2) is 4.79 Å². The first-order chi connectivity index (χ1) is 17.3. The predicted octanol–water partition coefficient (Wildman–Crippen LogP) is 5.60. The number of ether oxygens (including phenoxy) is 3. The van der Waals surface area contributed by atoms with Crippen LogP contribution >= 0.6 is 0 Å². The normalized spacial score (nSPS) is 32.9. The lowest BCUT2D eigenvalue weighted by atomic mass is 9.50. The first kappa shape index (κ1) is 27.1. The van der Waals surface area contributed by atoms with E-state index in [0.29, 0.717) is 24.8 Å². The average molecular weight is 510 g/mol. The van der Waals surface area contributed by atoms with Gasteiger partial charge in [0.2, 0.25) is 0 Å². The third-order valence-electron chi connectivity index (χ3n) is 8.91. The van der Waals surface area contributed by atoms with E-state index in [1.54, 1.807) is 18.3 Å². The van der Waals surface area contributed by atoms with Gasteiger partial charge in [-0.1, -0.05) is 32.9 Å². The Kier molecular flexibility index (Phi) is 7.37. The van der Waals surface area contributed by atoms with Crippen LogP contribution < -0.4 is 0 Å². The molecule has 0 aliphatic heterocycles. The number of fused-ring (bicyclic) bond motifs is 3. The third kappa shape index (κ3) is 5.10. The molecule has 3 aliphatic rings. The molecule has 2 fully saturated rings. The number of esters is 3. The van der Waals surface area contributed by atoms with Crippen molar-refractivity contribution in [3.05, 3.63) is 53.4 Å². The maximum atomic E-state index is 12.9. The molecule has 2 saturated carbocycles. The second-order valence-corrected chi connectivity index (χ2v) is 11.8. The van der Waals surface area contributed by atoms with E-state index in [2.05, 4.69) is 39.3 Å². The molecule has 6 atom stereocenters. The molecule has 3 aliphatic carbocycles. The number of hydrogen-bond donors (Lipinski definition) is 0. The molecule has 0 unspecified atom stereocenters. The Morgan fingerprint density at radius 3 is 2.35 bits per heavy atom. The summed E-state index contributed by atoms with van der Waals surface area (Å²) in [5, 5.41) is 0. The van der Waals surface area contributed by atoms with Gasteiger partial charge in [-0.05, 0) is 73.1 Å². The average Bonchev–Trinajstić information content (AvgIpc) is 2.79. The highest BCUT2D eigenvalue weighted by Crippen LogP contribution is 2.60. The topological polar surface area (TPSA) is 91.8 Å². The van der Waals surface area contributed by atoms with Gasteiger partial charge in [-0.2, -0.15) is 0 Å². The molecule has 1 aromatic rings. The van der Waals surface area contributed by atoms with Crippen LogP contribution in [-0.2, 0) is 23.8 Å². The Balaban J connectivity index is 1.77. The van der Waals surface area contributed by atoms with Crippen molar-refractivity contribution in [2.24, 2.45) is 22.7 Å². The zero-order chi connectivity index (χ0) is 27.1. The summed E-state index contributed by atoms with van der Waals surface area (Å²) < 4.78 is 18.1. The zero-order valence-corrected chi connectivity index (χ0v) is 22.8. The van der Waals surface area contributed by atoms with Gasteiger partial charge >= 0.3 is 17.9 Å². The Morgan fingerprint density at radius 2 is 1.73 bits per heavy atom. The number of aromatic nitrogens is 1. The molecular formula is C30H39NO6. The fourth-order valence-electron chi connectivity index (χ4n) is 7.38. The van der Waals surface area contributed by atoms with E-state index in [-0.39, 0.29) is 40.7 Å². The number of hydrogen-bond acceptors (Lipinski definition) is 7. The summed E-state index contributed by atoms with van der Waals surface area (Å²) in [6.45, 7) is 16.0. The van der Waals surface area contributed by atoms with Crippen molar-refractivity contribution in [1.29, 1.82) is 0 Å². The molecule has 0 spiro atoms. The van der Waals surface area contributed by atoms with Crippen LogP contribution in [0.3, 0.4) is 0 Å². The van der Waals surface area contributed by atoms with Crippen LogP contribution in [0, 0.1) is 22.7 Å². The molecule has 7 nitrogen and oxygen atoms in total. The highest BCUT2D eigenvalue weighted by Gasteiger charge is 2.58. The van der Waals surface area contributed by atoms with Gasteiger partial charge in [0.25, 0.3) is 0 Å². The van der Waals surface area contributed by atoms with Crippen molar-refractivity contribution in [2.75, 3.05) is 0 Å². The van der Waals surface area contributed by atoms with Crippen LogP contribution in [0.2, 0.25) is 0 Å². The Hall–Kier alpha value is -2.96. The molecule has 37 heavy (non-hydrogen) atoms. The van der Waals surface area contributed by atoms with Crippen LogP contribution in [0.25, 0.3) is 0 Å². The molecule has 1 heterocycles. The summed E-state index contributed by atoms with van der Waals surface area (Å²) in [7, 11) is 0. The number of carbonyl (C=O) groups is 3. The third-order valence-corrected chi connectivity index (χ3v) is 8.91. The maximum absolute atomic E-state index is 12.9. The van der Waals surface area contributed by atoms with Crippen molar-refractivity contribution >= 4 is 17.9 Å². The van der Waals surface area contributed by atoms with Crippen molar-refractivity contribution in [1.82, 2.24) is 4.98 Å². The lowest BCUT2D eigenvalue weighted by molar-refractivity contribution is -0.168. The zero-order valence-electron chi connectivity index (χ0n) is 22.8. The van der Waals surface area contributed by atoms with Gasteiger partial charge < -0.3 is 14.2 Å². The summed E-state index contributed by atoms with van der Waals surface area (Å²) >= 11 is 0. The van der Waals surface area contributed by atoms with Crippen molar-refractivity contribution in [3.8, 4) is 0 Å². The van der Waals surface area contributed by atoms with E-state index >= 15 is 0 Å². The number of pyridine rings is 1. The summed E-state index contributed by atoms with van der Waals surface area (Å²) in [5.74, 6) is -1.37. The summed E-state index contributed by atoms with van der Waals surface area (Å²) in [6, 6.07) is 3.37. The first-order valence-electron chi connectivity index (χ1n) is 13.2. The lowest BCUT2D eigenvalue weighted by Gasteiger charge is -2.57. The molecule has 4 rings (SSSR count). The van der Waals surface area contributed by atoms with E-state index in [0.717, 1.165) is 24.0 Å². The van der Waals surface area contributed by atoms with Crippen LogP contribution in [0.5, 0.6) is 0 Å². The minimum Gasteiger partial charge on any atom is -0.462 e. The molecule has 0 aromatic carbocycles. The van der Waals surface area contributed by atoms with E-state index in [1.165, 1.54) is 25.6 Å². The number of nitrogens with zero attached hydrogens (tertiary/aromatic N) is 1. The lowest BCUT2D eigenvalue weighted by Crippen LogP contribution is -2.57. The largest absolute Gasteiger partial charge is 0.462 e. The van der Waals surface area contributed by atoms with E-state index in [9.17, 15) is 14.4 Å². The van der Waals surface area contributed by atoms with E-state index in [4.69, 9.17) is 14.2 Å². The number of allylic oxidation sites excluding steroid dienone is 1. The maximum Gasteiger partial charge on any atom is 0.340 e.